The van der Waals surface area contributed by atoms with Gasteiger partial charge in [-0.2, -0.15) is 8.78 Å². The first-order valence-electron chi connectivity index (χ1n) is 7.68. The molecule has 0 aromatic heterocycles. The first kappa shape index (κ1) is 16.0. The van der Waals surface area contributed by atoms with Gasteiger partial charge in [0, 0.05) is 19.1 Å². The van der Waals surface area contributed by atoms with Crippen LogP contribution in [0.3, 0.4) is 0 Å². The Balaban J connectivity index is 1.85. The second-order valence-corrected chi connectivity index (χ2v) is 6.09. The molecule has 0 radical (unpaired) electrons. The predicted octanol–water partition coefficient (Wildman–Crippen LogP) is 2.11. The number of carbonyl (C=O) groups excluding carboxylic acids is 1. The van der Waals surface area contributed by atoms with Gasteiger partial charge in [0.15, 0.2) is 11.5 Å². The molecule has 1 amide bonds. The molecular formula is C16H20F2N2O3. The maximum absolute atomic E-state index is 12.8. The molecule has 5 nitrogen and oxygen atoms in total. The summed E-state index contributed by atoms with van der Waals surface area (Å²) in [6, 6.07) is 4.67. The van der Waals surface area contributed by atoms with E-state index in [1.54, 1.807) is 11.0 Å². The maximum atomic E-state index is 12.8. The standard InChI is InChI=1S/C16H20F2N2O3/c1-22-13-4-2-3-10(14(13)23-16(17)18)15(21)20-7-9-5-6-12(19)11(9)8-20/h2-4,9,11-12,16H,5-8,19H2,1H3. The second-order valence-electron chi connectivity index (χ2n) is 6.09. The Hall–Kier alpha value is -1.89. The van der Waals surface area contributed by atoms with Crippen molar-refractivity contribution in [3.63, 3.8) is 0 Å². The molecule has 1 aliphatic heterocycles. The molecule has 126 valence electrons. The zero-order chi connectivity index (χ0) is 16.6. The second kappa shape index (κ2) is 6.31. The van der Waals surface area contributed by atoms with Crippen molar-refractivity contribution in [2.75, 3.05) is 20.2 Å². The number of methoxy groups -OCH3 is 1. The number of benzene rings is 1. The van der Waals surface area contributed by atoms with Gasteiger partial charge < -0.3 is 20.1 Å². The number of para-hydroxylation sites is 1. The Bertz CT molecular complexity index is 597. The molecule has 1 saturated heterocycles. The Labute approximate surface area is 133 Å². The van der Waals surface area contributed by atoms with Crippen molar-refractivity contribution in [3.05, 3.63) is 23.8 Å². The van der Waals surface area contributed by atoms with Gasteiger partial charge in [0.25, 0.3) is 5.91 Å². The van der Waals surface area contributed by atoms with E-state index in [0.717, 1.165) is 12.8 Å². The molecule has 0 spiro atoms. The van der Waals surface area contributed by atoms with E-state index in [-0.39, 0.29) is 29.0 Å². The minimum atomic E-state index is -3.02. The lowest BCUT2D eigenvalue weighted by atomic mass is 9.98. The van der Waals surface area contributed by atoms with Crippen molar-refractivity contribution in [2.24, 2.45) is 17.6 Å². The first-order chi connectivity index (χ1) is 11.0. The third-order valence-corrected chi connectivity index (χ3v) is 4.84. The van der Waals surface area contributed by atoms with E-state index >= 15 is 0 Å². The van der Waals surface area contributed by atoms with E-state index in [2.05, 4.69) is 4.74 Å². The highest BCUT2D eigenvalue weighted by Crippen LogP contribution is 2.39. The SMILES string of the molecule is COc1cccc(C(=O)N2CC3CCC(N)C3C2)c1OC(F)F. The van der Waals surface area contributed by atoms with Crippen LogP contribution >= 0.6 is 0 Å². The number of ether oxygens (including phenoxy) is 2. The number of alkyl halides is 2. The molecule has 7 heteroatoms. The summed E-state index contributed by atoms with van der Waals surface area (Å²) in [5.41, 5.74) is 6.18. The van der Waals surface area contributed by atoms with Crippen LogP contribution in [-0.4, -0.2) is 43.7 Å². The van der Waals surface area contributed by atoms with Gasteiger partial charge in [-0.05, 0) is 36.8 Å². The average Bonchev–Trinajstić information content (AvgIpc) is 3.09. The van der Waals surface area contributed by atoms with E-state index in [9.17, 15) is 13.6 Å². The fourth-order valence-electron chi connectivity index (χ4n) is 3.70. The number of likely N-dealkylation sites (tertiary alicyclic amines) is 1. The summed E-state index contributed by atoms with van der Waals surface area (Å²) in [4.78, 5) is 14.4. The number of rotatable bonds is 4. The molecule has 1 aromatic carbocycles. The maximum Gasteiger partial charge on any atom is 0.387 e. The summed E-state index contributed by atoms with van der Waals surface area (Å²) in [7, 11) is 1.35. The molecular weight excluding hydrogens is 306 g/mol. The van der Waals surface area contributed by atoms with Gasteiger partial charge in [0.05, 0.1) is 12.7 Å². The smallest absolute Gasteiger partial charge is 0.387 e. The number of halogens is 2. The molecule has 23 heavy (non-hydrogen) atoms. The van der Waals surface area contributed by atoms with Gasteiger partial charge in [0.1, 0.15) is 0 Å². The van der Waals surface area contributed by atoms with E-state index in [1.165, 1.54) is 19.2 Å². The first-order valence-corrected chi connectivity index (χ1v) is 7.68. The molecule has 2 aliphatic rings. The highest BCUT2D eigenvalue weighted by Gasteiger charge is 2.43. The molecule has 3 unspecified atom stereocenters. The fourth-order valence-corrected chi connectivity index (χ4v) is 3.70. The molecule has 1 aliphatic carbocycles. The van der Waals surface area contributed by atoms with Crippen LogP contribution < -0.4 is 15.2 Å². The van der Waals surface area contributed by atoms with Crippen molar-refractivity contribution < 1.29 is 23.0 Å². The van der Waals surface area contributed by atoms with Crippen LogP contribution in [0.25, 0.3) is 0 Å². The van der Waals surface area contributed by atoms with Crippen LogP contribution in [-0.2, 0) is 0 Å². The normalized spacial score (nSPS) is 26.5. The highest BCUT2D eigenvalue weighted by molar-refractivity contribution is 5.98. The molecule has 1 aromatic rings. The number of nitrogens with zero attached hydrogens (tertiary/aromatic N) is 1. The van der Waals surface area contributed by atoms with Gasteiger partial charge in [-0.1, -0.05) is 6.07 Å². The average molecular weight is 326 g/mol. The molecule has 1 heterocycles. The molecule has 1 saturated carbocycles. The van der Waals surface area contributed by atoms with Crippen molar-refractivity contribution in [1.29, 1.82) is 0 Å². The van der Waals surface area contributed by atoms with Crippen LogP contribution in [0.15, 0.2) is 18.2 Å². The Morgan fingerprint density at radius 2 is 2.13 bits per heavy atom. The van der Waals surface area contributed by atoms with E-state index < -0.39 is 6.61 Å². The molecule has 3 rings (SSSR count). The van der Waals surface area contributed by atoms with E-state index in [4.69, 9.17) is 10.5 Å². The zero-order valence-electron chi connectivity index (χ0n) is 12.9. The van der Waals surface area contributed by atoms with Crippen LogP contribution in [0.5, 0.6) is 11.5 Å². The minimum Gasteiger partial charge on any atom is -0.493 e. The third kappa shape index (κ3) is 2.97. The van der Waals surface area contributed by atoms with Crippen molar-refractivity contribution >= 4 is 5.91 Å². The molecule has 2 N–H and O–H groups in total. The van der Waals surface area contributed by atoms with Crippen LogP contribution in [0.1, 0.15) is 23.2 Å². The van der Waals surface area contributed by atoms with Crippen LogP contribution in [0, 0.1) is 11.8 Å². The predicted molar refractivity (Wildman–Crippen MR) is 79.7 cm³/mol. The Morgan fingerprint density at radius 3 is 2.78 bits per heavy atom. The van der Waals surface area contributed by atoms with E-state index in [0.29, 0.717) is 24.9 Å². The lowest BCUT2D eigenvalue weighted by Crippen LogP contribution is -2.33. The van der Waals surface area contributed by atoms with Gasteiger partial charge in [-0.3, -0.25) is 4.79 Å². The fraction of sp³-hybridized carbons (Fsp3) is 0.562. The van der Waals surface area contributed by atoms with Gasteiger partial charge in [0.2, 0.25) is 0 Å². The van der Waals surface area contributed by atoms with Crippen LogP contribution in [0.2, 0.25) is 0 Å². The largest absolute Gasteiger partial charge is 0.493 e. The van der Waals surface area contributed by atoms with Crippen molar-refractivity contribution in [3.8, 4) is 11.5 Å². The summed E-state index contributed by atoms with van der Waals surface area (Å²) in [6.45, 7) is -1.84. The van der Waals surface area contributed by atoms with Crippen molar-refractivity contribution in [2.45, 2.75) is 25.5 Å². The van der Waals surface area contributed by atoms with E-state index in [1.807, 2.05) is 0 Å². The van der Waals surface area contributed by atoms with Gasteiger partial charge >= 0.3 is 6.61 Å². The molecule has 3 atom stereocenters. The monoisotopic (exact) mass is 326 g/mol. The number of fused-ring (bicyclic) bond motifs is 1. The highest BCUT2D eigenvalue weighted by atomic mass is 19.3. The van der Waals surface area contributed by atoms with Crippen LogP contribution in [0.4, 0.5) is 8.78 Å². The molecule has 2 fully saturated rings. The quantitative estimate of drug-likeness (QED) is 0.920. The Kier molecular flexibility index (Phi) is 4.39. The number of carbonyl (C=O) groups is 1. The number of amides is 1. The summed E-state index contributed by atoms with van der Waals surface area (Å²) in [5, 5.41) is 0. The zero-order valence-corrected chi connectivity index (χ0v) is 12.9. The topological polar surface area (TPSA) is 64.8 Å². The summed E-state index contributed by atoms with van der Waals surface area (Å²) in [5.74, 6) is 0.285. The Morgan fingerprint density at radius 1 is 1.35 bits per heavy atom. The number of hydrogen-bond donors (Lipinski definition) is 1. The summed E-state index contributed by atoms with van der Waals surface area (Å²) in [6.07, 6.45) is 1.99. The van der Waals surface area contributed by atoms with Gasteiger partial charge in [-0.25, -0.2) is 0 Å². The number of hydrogen-bond acceptors (Lipinski definition) is 4. The lowest BCUT2D eigenvalue weighted by Gasteiger charge is -2.21. The molecule has 0 bridgehead atoms. The third-order valence-electron chi connectivity index (χ3n) is 4.84. The van der Waals surface area contributed by atoms with Gasteiger partial charge in [-0.15, -0.1) is 0 Å². The summed E-state index contributed by atoms with van der Waals surface area (Å²) >= 11 is 0. The number of nitrogens with two attached hydrogens (primary N) is 1. The lowest BCUT2D eigenvalue weighted by molar-refractivity contribution is -0.0516. The van der Waals surface area contributed by atoms with Crippen molar-refractivity contribution in [1.82, 2.24) is 4.90 Å². The summed E-state index contributed by atoms with van der Waals surface area (Å²) < 4.78 is 34.9. The minimum absolute atomic E-state index is 0.0956.